The smallest absolute Gasteiger partial charge is 0.262 e. The molecular formula is C22H21Cl2N3O2S. The van der Waals surface area contributed by atoms with Crippen LogP contribution in [0.2, 0.25) is 10.0 Å². The summed E-state index contributed by atoms with van der Waals surface area (Å²) in [5.41, 5.74) is 1.43. The number of carbonyl (C=O) groups is 1. The predicted octanol–water partition coefficient (Wildman–Crippen LogP) is 5.23. The van der Waals surface area contributed by atoms with E-state index in [1.807, 2.05) is 24.3 Å². The highest BCUT2D eigenvalue weighted by Crippen LogP contribution is 2.32. The lowest BCUT2D eigenvalue weighted by molar-refractivity contribution is -0.118. The van der Waals surface area contributed by atoms with Crippen LogP contribution in [0.5, 0.6) is 0 Å². The lowest BCUT2D eigenvalue weighted by atomic mass is 10.2. The van der Waals surface area contributed by atoms with Gasteiger partial charge in [-0.15, -0.1) is 0 Å². The van der Waals surface area contributed by atoms with Gasteiger partial charge in [-0.1, -0.05) is 66.0 Å². The van der Waals surface area contributed by atoms with Crippen LogP contribution in [0, 0.1) is 0 Å². The highest BCUT2D eigenvalue weighted by Gasteiger charge is 2.23. The van der Waals surface area contributed by atoms with Crippen LogP contribution >= 0.6 is 35.0 Å². The number of halogens is 2. The lowest BCUT2D eigenvalue weighted by Gasteiger charge is -2.18. The van der Waals surface area contributed by atoms with Crippen LogP contribution in [-0.2, 0) is 11.3 Å². The summed E-state index contributed by atoms with van der Waals surface area (Å²) in [6, 6.07) is 12.7. The SMILES string of the molecule is O=C(CSc1nc2ccccc2c(=O)n1C1CCCC1)NCc1ccc(Cl)cc1Cl. The normalized spacial score (nSPS) is 14.3. The van der Waals surface area contributed by atoms with Crippen molar-refractivity contribution < 1.29 is 4.79 Å². The summed E-state index contributed by atoms with van der Waals surface area (Å²) in [7, 11) is 0. The molecule has 1 heterocycles. The number of thioether (sulfide) groups is 1. The van der Waals surface area contributed by atoms with E-state index in [1.165, 1.54) is 11.8 Å². The molecule has 1 aliphatic rings. The van der Waals surface area contributed by atoms with Gasteiger partial charge in [0.2, 0.25) is 5.91 Å². The standard InChI is InChI=1S/C22H21Cl2N3O2S/c23-15-10-9-14(18(24)11-15)12-25-20(28)13-30-22-26-19-8-4-3-7-17(19)21(29)27(22)16-5-1-2-6-16/h3-4,7-11,16H,1-2,5-6,12-13H2,(H,25,28). The van der Waals surface area contributed by atoms with Crippen molar-refractivity contribution in [1.82, 2.24) is 14.9 Å². The first kappa shape index (κ1) is 21.2. The van der Waals surface area contributed by atoms with Crippen molar-refractivity contribution >= 4 is 51.8 Å². The number of para-hydroxylation sites is 1. The van der Waals surface area contributed by atoms with E-state index < -0.39 is 0 Å². The van der Waals surface area contributed by atoms with E-state index in [0.29, 0.717) is 32.6 Å². The zero-order valence-corrected chi connectivity index (χ0v) is 18.6. The van der Waals surface area contributed by atoms with Gasteiger partial charge in [0, 0.05) is 22.6 Å². The van der Waals surface area contributed by atoms with Crippen LogP contribution < -0.4 is 10.9 Å². The fourth-order valence-electron chi connectivity index (χ4n) is 3.75. The van der Waals surface area contributed by atoms with E-state index in [9.17, 15) is 9.59 Å². The average Bonchev–Trinajstić information content (AvgIpc) is 3.26. The maximum Gasteiger partial charge on any atom is 0.262 e. The van der Waals surface area contributed by atoms with Crippen LogP contribution in [0.15, 0.2) is 52.4 Å². The van der Waals surface area contributed by atoms with E-state index in [2.05, 4.69) is 5.32 Å². The molecule has 5 nitrogen and oxygen atoms in total. The second-order valence-corrected chi connectivity index (χ2v) is 9.11. The van der Waals surface area contributed by atoms with Crippen LogP contribution in [0.1, 0.15) is 37.3 Å². The van der Waals surface area contributed by atoms with Gasteiger partial charge in [0.1, 0.15) is 0 Å². The second-order valence-electron chi connectivity index (χ2n) is 7.33. The fourth-order valence-corrected chi connectivity index (χ4v) is 5.12. The Hall–Kier alpha value is -2.02. The van der Waals surface area contributed by atoms with E-state index in [4.69, 9.17) is 28.2 Å². The van der Waals surface area contributed by atoms with Crippen molar-refractivity contribution in [3.63, 3.8) is 0 Å². The summed E-state index contributed by atoms with van der Waals surface area (Å²) in [6.07, 6.45) is 4.15. The Morgan fingerprint density at radius 1 is 1.17 bits per heavy atom. The summed E-state index contributed by atoms with van der Waals surface area (Å²) in [5, 5.41) is 5.16. The van der Waals surface area contributed by atoms with Crippen molar-refractivity contribution in [2.45, 2.75) is 43.4 Å². The maximum absolute atomic E-state index is 13.1. The van der Waals surface area contributed by atoms with Gasteiger partial charge in [0.25, 0.3) is 5.56 Å². The fraction of sp³-hybridized carbons (Fsp3) is 0.318. The van der Waals surface area contributed by atoms with E-state index in [0.717, 1.165) is 31.2 Å². The van der Waals surface area contributed by atoms with E-state index in [1.54, 1.807) is 22.8 Å². The highest BCUT2D eigenvalue weighted by molar-refractivity contribution is 7.99. The molecule has 1 aliphatic carbocycles. The molecule has 2 aromatic carbocycles. The number of hydrogen-bond acceptors (Lipinski definition) is 4. The van der Waals surface area contributed by atoms with Gasteiger partial charge < -0.3 is 5.32 Å². The van der Waals surface area contributed by atoms with Crippen molar-refractivity contribution in [3.05, 3.63) is 68.4 Å². The van der Waals surface area contributed by atoms with Gasteiger partial charge >= 0.3 is 0 Å². The van der Waals surface area contributed by atoms with Crippen molar-refractivity contribution in [1.29, 1.82) is 0 Å². The molecule has 1 fully saturated rings. The summed E-state index contributed by atoms with van der Waals surface area (Å²) >= 11 is 13.4. The first-order valence-electron chi connectivity index (χ1n) is 9.87. The van der Waals surface area contributed by atoms with Gasteiger partial charge in [-0.25, -0.2) is 4.98 Å². The third-order valence-electron chi connectivity index (χ3n) is 5.29. The monoisotopic (exact) mass is 461 g/mol. The average molecular weight is 462 g/mol. The lowest BCUT2D eigenvalue weighted by Crippen LogP contribution is -2.28. The molecule has 3 aromatic rings. The van der Waals surface area contributed by atoms with Gasteiger partial charge in [0.05, 0.1) is 16.7 Å². The number of aromatic nitrogens is 2. The molecule has 1 amide bonds. The molecule has 8 heteroatoms. The Bertz CT molecular complexity index is 1140. The molecular weight excluding hydrogens is 441 g/mol. The molecule has 1 aromatic heterocycles. The highest BCUT2D eigenvalue weighted by atomic mass is 35.5. The molecule has 0 unspecified atom stereocenters. The molecule has 0 bridgehead atoms. The Labute approximate surface area is 188 Å². The molecule has 4 rings (SSSR count). The minimum absolute atomic E-state index is 0.0247. The first-order chi connectivity index (χ1) is 14.5. The van der Waals surface area contributed by atoms with Gasteiger partial charge in [0.15, 0.2) is 5.16 Å². The number of hydrogen-bond donors (Lipinski definition) is 1. The first-order valence-corrected chi connectivity index (χ1v) is 11.6. The second kappa shape index (κ2) is 9.41. The Morgan fingerprint density at radius 2 is 1.93 bits per heavy atom. The third-order valence-corrected chi connectivity index (χ3v) is 6.83. The number of fused-ring (bicyclic) bond motifs is 1. The number of benzene rings is 2. The number of rotatable bonds is 6. The molecule has 0 saturated heterocycles. The minimum Gasteiger partial charge on any atom is -0.351 e. The molecule has 30 heavy (non-hydrogen) atoms. The summed E-state index contributed by atoms with van der Waals surface area (Å²) in [6.45, 7) is 0.315. The third kappa shape index (κ3) is 4.66. The number of nitrogens with zero attached hydrogens (tertiary/aromatic N) is 2. The van der Waals surface area contributed by atoms with Gasteiger partial charge in [-0.3, -0.25) is 14.2 Å². The van der Waals surface area contributed by atoms with E-state index >= 15 is 0 Å². The zero-order valence-electron chi connectivity index (χ0n) is 16.2. The summed E-state index contributed by atoms with van der Waals surface area (Å²) in [4.78, 5) is 30.3. The summed E-state index contributed by atoms with van der Waals surface area (Å²) in [5.74, 6) is 0.0225. The predicted molar refractivity (Wildman–Crippen MR) is 123 cm³/mol. The molecule has 1 N–H and O–H groups in total. The number of carbonyl (C=O) groups excluding carboxylic acids is 1. The quantitative estimate of drug-likeness (QED) is 0.403. The Balaban J connectivity index is 1.50. The topological polar surface area (TPSA) is 64.0 Å². The number of amides is 1. The van der Waals surface area contributed by atoms with Crippen LogP contribution in [-0.4, -0.2) is 21.2 Å². The molecule has 0 spiro atoms. The largest absolute Gasteiger partial charge is 0.351 e. The Morgan fingerprint density at radius 3 is 2.70 bits per heavy atom. The van der Waals surface area contributed by atoms with Crippen LogP contribution in [0.3, 0.4) is 0 Å². The molecule has 0 aliphatic heterocycles. The minimum atomic E-state index is -0.147. The molecule has 0 radical (unpaired) electrons. The maximum atomic E-state index is 13.1. The number of nitrogens with one attached hydrogen (secondary N) is 1. The zero-order chi connectivity index (χ0) is 21.1. The van der Waals surface area contributed by atoms with Crippen LogP contribution in [0.25, 0.3) is 10.9 Å². The van der Waals surface area contributed by atoms with E-state index in [-0.39, 0.29) is 23.3 Å². The van der Waals surface area contributed by atoms with Crippen molar-refractivity contribution in [2.75, 3.05) is 5.75 Å². The van der Waals surface area contributed by atoms with Crippen LogP contribution in [0.4, 0.5) is 0 Å². The van der Waals surface area contributed by atoms with Crippen molar-refractivity contribution in [2.24, 2.45) is 0 Å². The molecule has 1 saturated carbocycles. The molecule has 156 valence electrons. The summed E-state index contributed by atoms with van der Waals surface area (Å²) < 4.78 is 1.79. The van der Waals surface area contributed by atoms with Crippen molar-refractivity contribution in [3.8, 4) is 0 Å². The van der Waals surface area contributed by atoms with Gasteiger partial charge in [-0.05, 0) is 42.7 Å². The molecule has 0 atom stereocenters. The Kier molecular flexibility index (Phi) is 6.66. The van der Waals surface area contributed by atoms with Gasteiger partial charge in [-0.2, -0.15) is 0 Å².